The van der Waals surface area contributed by atoms with Crippen LogP contribution in [0.3, 0.4) is 0 Å². The zero-order valence-electron chi connectivity index (χ0n) is 13.8. The highest BCUT2D eigenvalue weighted by molar-refractivity contribution is 5.96. The third kappa shape index (κ3) is 2.72. The highest BCUT2D eigenvalue weighted by Crippen LogP contribution is 2.43. The van der Waals surface area contributed by atoms with Crippen molar-refractivity contribution in [2.24, 2.45) is 5.41 Å². The molecule has 0 atom stereocenters. The minimum Gasteiger partial charge on any atom is -0.493 e. The summed E-state index contributed by atoms with van der Waals surface area (Å²) in [5, 5.41) is 4.21. The lowest BCUT2D eigenvalue weighted by molar-refractivity contribution is -0.0924. The standard InChI is InChI=1S/C16H21N3O4/c1-16(7-23-8-16)6-17-15-10-5-11(20-2)13(21-3)14(22-4)12(10)18-9-19-15/h5,9H,6-8H2,1-4H3,(H,17,18,19). The molecule has 1 aliphatic heterocycles. The average molecular weight is 319 g/mol. The number of aromatic nitrogens is 2. The van der Waals surface area contributed by atoms with Crippen LogP contribution in [-0.4, -0.2) is 51.1 Å². The summed E-state index contributed by atoms with van der Waals surface area (Å²) in [7, 11) is 4.75. The number of fused-ring (bicyclic) bond motifs is 1. The highest BCUT2D eigenvalue weighted by atomic mass is 16.5. The fraction of sp³-hybridized carbons (Fsp3) is 0.500. The van der Waals surface area contributed by atoms with Crippen LogP contribution in [0, 0.1) is 5.41 Å². The van der Waals surface area contributed by atoms with E-state index in [0.717, 1.165) is 31.0 Å². The van der Waals surface area contributed by atoms with Crippen LogP contribution in [0.5, 0.6) is 17.2 Å². The van der Waals surface area contributed by atoms with E-state index in [1.165, 1.54) is 6.33 Å². The van der Waals surface area contributed by atoms with Crippen molar-refractivity contribution in [3.63, 3.8) is 0 Å². The van der Waals surface area contributed by atoms with Gasteiger partial charge >= 0.3 is 0 Å². The monoisotopic (exact) mass is 319 g/mol. The summed E-state index contributed by atoms with van der Waals surface area (Å²) in [5.41, 5.74) is 0.815. The number of hydrogen-bond donors (Lipinski definition) is 1. The predicted octanol–water partition coefficient (Wildman–Crippen LogP) is 2.10. The maximum absolute atomic E-state index is 5.48. The molecule has 7 heteroatoms. The first kappa shape index (κ1) is 15.6. The number of hydrogen-bond acceptors (Lipinski definition) is 7. The summed E-state index contributed by atoms with van der Waals surface area (Å²) in [5.74, 6) is 2.37. The molecule has 0 unspecified atom stereocenters. The molecule has 0 amide bonds. The minimum atomic E-state index is 0.137. The second-order valence-corrected chi connectivity index (χ2v) is 5.92. The molecular weight excluding hydrogens is 298 g/mol. The van der Waals surface area contributed by atoms with Crippen molar-refractivity contribution in [1.29, 1.82) is 0 Å². The molecule has 0 bridgehead atoms. The second-order valence-electron chi connectivity index (χ2n) is 5.92. The molecule has 1 aromatic heterocycles. The summed E-state index contributed by atoms with van der Waals surface area (Å²) >= 11 is 0. The molecule has 2 heterocycles. The Labute approximate surface area is 134 Å². The van der Waals surface area contributed by atoms with E-state index in [2.05, 4.69) is 22.2 Å². The smallest absolute Gasteiger partial charge is 0.205 e. The van der Waals surface area contributed by atoms with Crippen LogP contribution < -0.4 is 19.5 Å². The van der Waals surface area contributed by atoms with Gasteiger partial charge in [0.25, 0.3) is 0 Å². The molecular formula is C16H21N3O4. The van der Waals surface area contributed by atoms with E-state index in [1.54, 1.807) is 21.3 Å². The van der Waals surface area contributed by atoms with Crippen LogP contribution in [0.15, 0.2) is 12.4 Å². The maximum Gasteiger partial charge on any atom is 0.205 e. The number of rotatable bonds is 6. The lowest BCUT2D eigenvalue weighted by atomic mass is 9.89. The normalized spacial score (nSPS) is 15.8. The third-order valence-corrected chi connectivity index (χ3v) is 4.02. The number of anilines is 1. The molecule has 0 aliphatic carbocycles. The lowest BCUT2D eigenvalue weighted by Crippen LogP contribution is -2.45. The summed E-state index contributed by atoms with van der Waals surface area (Å²) in [4.78, 5) is 8.70. The van der Waals surface area contributed by atoms with E-state index in [1.807, 2.05) is 6.07 Å². The highest BCUT2D eigenvalue weighted by Gasteiger charge is 2.33. The van der Waals surface area contributed by atoms with E-state index in [0.29, 0.717) is 22.8 Å². The lowest BCUT2D eigenvalue weighted by Gasteiger charge is -2.38. The summed E-state index contributed by atoms with van der Waals surface area (Å²) in [6.45, 7) is 4.46. The molecule has 1 N–H and O–H groups in total. The first-order valence-electron chi connectivity index (χ1n) is 7.37. The predicted molar refractivity (Wildman–Crippen MR) is 86.6 cm³/mol. The molecule has 23 heavy (non-hydrogen) atoms. The SMILES string of the molecule is COc1cc2c(NCC3(C)COC3)ncnc2c(OC)c1OC. The molecule has 1 aromatic carbocycles. The van der Waals surface area contributed by atoms with Crippen molar-refractivity contribution >= 4 is 16.7 Å². The molecule has 7 nitrogen and oxygen atoms in total. The van der Waals surface area contributed by atoms with Gasteiger partial charge in [0.1, 0.15) is 17.7 Å². The van der Waals surface area contributed by atoms with E-state index in [-0.39, 0.29) is 5.41 Å². The van der Waals surface area contributed by atoms with Crippen LogP contribution in [-0.2, 0) is 4.74 Å². The molecule has 1 saturated heterocycles. The van der Waals surface area contributed by atoms with Gasteiger partial charge in [0.05, 0.1) is 39.9 Å². The molecule has 0 radical (unpaired) electrons. The van der Waals surface area contributed by atoms with Crippen molar-refractivity contribution in [3.8, 4) is 17.2 Å². The van der Waals surface area contributed by atoms with Crippen molar-refractivity contribution in [2.45, 2.75) is 6.92 Å². The zero-order valence-corrected chi connectivity index (χ0v) is 13.8. The van der Waals surface area contributed by atoms with E-state index >= 15 is 0 Å². The molecule has 0 saturated carbocycles. The van der Waals surface area contributed by atoms with Crippen molar-refractivity contribution in [3.05, 3.63) is 12.4 Å². The fourth-order valence-electron chi connectivity index (χ4n) is 2.65. The van der Waals surface area contributed by atoms with E-state index in [9.17, 15) is 0 Å². The van der Waals surface area contributed by atoms with Gasteiger partial charge < -0.3 is 24.3 Å². The topological polar surface area (TPSA) is 74.7 Å². The van der Waals surface area contributed by atoms with E-state index < -0.39 is 0 Å². The number of benzene rings is 1. The Morgan fingerprint density at radius 3 is 2.43 bits per heavy atom. The summed E-state index contributed by atoms with van der Waals surface area (Å²) < 4.78 is 21.6. The van der Waals surface area contributed by atoms with Crippen LogP contribution in [0.25, 0.3) is 10.9 Å². The number of nitrogens with one attached hydrogen (secondary N) is 1. The quantitative estimate of drug-likeness (QED) is 0.874. The Bertz CT molecular complexity index is 716. The first-order valence-corrected chi connectivity index (χ1v) is 7.37. The van der Waals surface area contributed by atoms with Crippen LogP contribution in [0.4, 0.5) is 5.82 Å². The van der Waals surface area contributed by atoms with Crippen molar-refractivity contribution in [1.82, 2.24) is 9.97 Å². The van der Waals surface area contributed by atoms with Gasteiger partial charge in [-0.05, 0) is 6.07 Å². The summed E-state index contributed by atoms with van der Waals surface area (Å²) in [6.07, 6.45) is 1.51. The largest absolute Gasteiger partial charge is 0.493 e. The van der Waals surface area contributed by atoms with Crippen LogP contribution in [0.2, 0.25) is 0 Å². The van der Waals surface area contributed by atoms with Gasteiger partial charge in [0, 0.05) is 12.0 Å². The van der Waals surface area contributed by atoms with Gasteiger partial charge in [0.2, 0.25) is 5.75 Å². The summed E-state index contributed by atoms with van der Waals surface area (Å²) in [6, 6.07) is 1.86. The van der Waals surface area contributed by atoms with Crippen molar-refractivity contribution in [2.75, 3.05) is 46.4 Å². The molecule has 124 valence electrons. The van der Waals surface area contributed by atoms with E-state index in [4.69, 9.17) is 18.9 Å². The first-order chi connectivity index (χ1) is 11.1. The van der Waals surface area contributed by atoms with Crippen molar-refractivity contribution < 1.29 is 18.9 Å². The Morgan fingerprint density at radius 2 is 1.87 bits per heavy atom. The minimum absolute atomic E-state index is 0.137. The van der Waals surface area contributed by atoms with Gasteiger partial charge in [-0.1, -0.05) is 6.92 Å². The Morgan fingerprint density at radius 1 is 1.13 bits per heavy atom. The number of ether oxygens (including phenoxy) is 4. The van der Waals surface area contributed by atoms with Gasteiger partial charge in [-0.25, -0.2) is 9.97 Å². The molecule has 0 spiro atoms. The van der Waals surface area contributed by atoms with Gasteiger partial charge in [-0.3, -0.25) is 0 Å². The Hall–Kier alpha value is -2.28. The van der Waals surface area contributed by atoms with Gasteiger partial charge in [-0.2, -0.15) is 0 Å². The number of methoxy groups -OCH3 is 3. The average Bonchev–Trinajstić information content (AvgIpc) is 2.56. The van der Waals surface area contributed by atoms with Gasteiger partial charge in [-0.15, -0.1) is 0 Å². The molecule has 2 aromatic rings. The third-order valence-electron chi connectivity index (χ3n) is 4.02. The fourth-order valence-corrected chi connectivity index (χ4v) is 2.65. The van der Waals surface area contributed by atoms with Gasteiger partial charge in [0.15, 0.2) is 11.5 Å². The zero-order chi connectivity index (χ0) is 16.4. The number of nitrogens with zero attached hydrogens (tertiary/aromatic N) is 2. The Balaban J connectivity index is 2.05. The Kier molecular flexibility index (Phi) is 4.12. The second kappa shape index (κ2) is 6.08. The van der Waals surface area contributed by atoms with Crippen LogP contribution in [0.1, 0.15) is 6.92 Å². The maximum atomic E-state index is 5.48. The molecule has 1 aliphatic rings. The molecule has 1 fully saturated rings. The van der Waals surface area contributed by atoms with Crippen LogP contribution >= 0.6 is 0 Å². The molecule has 3 rings (SSSR count).